The van der Waals surface area contributed by atoms with Gasteiger partial charge in [0.15, 0.2) is 11.5 Å². The molecule has 1 aliphatic heterocycles. The maximum absolute atomic E-state index is 5.37. The summed E-state index contributed by atoms with van der Waals surface area (Å²) in [6.07, 6.45) is 3.58. The second kappa shape index (κ2) is 5.89. The van der Waals surface area contributed by atoms with Gasteiger partial charge in [-0.05, 0) is 31.2 Å². The van der Waals surface area contributed by atoms with Crippen LogP contribution in [0.5, 0.6) is 0 Å². The summed E-state index contributed by atoms with van der Waals surface area (Å²) in [5, 5.41) is 0.981. The zero-order valence-corrected chi connectivity index (χ0v) is 12.9. The number of hydrogen-bond donors (Lipinski definition) is 0. The van der Waals surface area contributed by atoms with Crippen molar-refractivity contribution in [2.75, 3.05) is 31.2 Å². The van der Waals surface area contributed by atoms with Gasteiger partial charge in [0.2, 0.25) is 0 Å². The van der Waals surface area contributed by atoms with Crippen molar-refractivity contribution in [2.45, 2.75) is 6.92 Å². The van der Waals surface area contributed by atoms with Crippen LogP contribution in [0.1, 0.15) is 5.69 Å². The van der Waals surface area contributed by atoms with E-state index in [0.717, 1.165) is 48.8 Å². The first-order valence-electron chi connectivity index (χ1n) is 7.70. The Morgan fingerprint density at radius 3 is 2.70 bits per heavy atom. The van der Waals surface area contributed by atoms with Crippen LogP contribution in [-0.2, 0) is 4.74 Å². The van der Waals surface area contributed by atoms with E-state index in [1.807, 2.05) is 37.4 Å². The number of fused-ring (bicyclic) bond motifs is 1. The third kappa shape index (κ3) is 2.73. The Morgan fingerprint density at radius 2 is 1.91 bits per heavy atom. The van der Waals surface area contributed by atoms with Crippen LogP contribution in [-0.4, -0.2) is 46.2 Å². The second-order valence-corrected chi connectivity index (χ2v) is 5.51. The fourth-order valence-electron chi connectivity index (χ4n) is 2.74. The van der Waals surface area contributed by atoms with Crippen molar-refractivity contribution < 1.29 is 4.74 Å². The maximum atomic E-state index is 5.37. The average molecular weight is 307 g/mol. The van der Waals surface area contributed by atoms with E-state index in [1.165, 1.54) is 0 Å². The number of morpholine rings is 1. The molecule has 4 heterocycles. The first-order valence-corrected chi connectivity index (χ1v) is 7.70. The molecule has 0 saturated carbocycles. The van der Waals surface area contributed by atoms with E-state index in [1.54, 1.807) is 6.20 Å². The van der Waals surface area contributed by atoms with Crippen molar-refractivity contribution in [3.8, 4) is 11.4 Å². The molecule has 1 aliphatic rings. The number of aryl methyl sites for hydroxylation is 1. The highest BCUT2D eigenvalue weighted by atomic mass is 16.5. The molecule has 23 heavy (non-hydrogen) atoms. The van der Waals surface area contributed by atoms with Gasteiger partial charge in [-0.2, -0.15) is 0 Å². The third-order valence-corrected chi connectivity index (χ3v) is 4.00. The van der Waals surface area contributed by atoms with E-state index in [2.05, 4.69) is 24.8 Å². The standard InChI is InChI=1S/C17H17N5O/c1-12-14-3-2-6-18-17(14)21-16(20-12)13-4-5-15(19-11-13)22-7-9-23-10-8-22/h2-6,11H,7-10H2,1H3. The molecule has 0 aromatic carbocycles. The predicted octanol–water partition coefficient (Wildman–Crippen LogP) is 2.23. The van der Waals surface area contributed by atoms with Crippen molar-refractivity contribution in [1.29, 1.82) is 0 Å². The van der Waals surface area contributed by atoms with Gasteiger partial charge in [0, 0.05) is 36.4 Å². The summed E-state index contributed by atoms with van der Waals surface area (Å²) in [6, 6.07) is 7.92. The fourth-order valence-corrected chi connectivity index (χ4v) is 2.74. The molecule has 0 radical (unpaired) electrons. The summed E-state index contributed by atoms with van der Waals surface area (Å²) in [5.41, 5.74) is 2.54. The molecule has 0 N–H and O–H groups in total. The van der Waals surface area contributed by atoms with E-state index in [9.17, 15) is 0 Å². The molecule has 0 bridgehead atoms. The molecule has 0 unspecified atom stereocenters. The minimum absolute atomic E-state index is 0.662. The molecule has 116 valence electrons. The number of aromatic nitrogens is 4. The van der Waals surface area contributed by atoms with Crippen LogP contribution in [0.25, 0.3) is 22.4 Å². The smallest absolute Gasteiger partial charge is 0.163 e. The fraction of sp³-hybridized carbons (Fsp3) is 0.294. The Bertz CT molecular complexity index is 828. The summed E-state index contributed by atoms with van der Waals surface area (Å²) in [7, 11) is 0. The highest BCUT2D eigenvalue weighted by Gasteiger charge is 2.13. The SMILES string of the molecule is Cc1nc(-c2ccc(N3CCOCC3)nc2)nc2ncccc12. The monoisotopic (exact) mass is 307 g/mol. The molecule has 1 fully saturated rings. The summed E-state index contributed by atoms with van der Waals surface area (Å²) in [6.45, 7) is 5.23. The minimum Gasteiger partial charge on any atom is -0.378 e. The number of pyridine rings is 2. The lowest BCUT2D eigenvalue weighted by Gasteiger charge is -2.27. The summed E-state index contributed by atoms with van der Waals surface area (Å²) in [4.78, 5) is 20.2. The maximum Gasteiger partial charge on any atom is 0.163 e. The van der Waals surface area contributed by atoms with Gasteiger partial charge in [-0.15, -0.1) is 0 Å². The lowest BCUT2D eigenvalue weighted by atomic mass is 10.2. The highest BCUT2D eigenvalue weighted by molar-refractivity contribution is 5.78. The lowest BCUT2D eigenvalue weighted by molar-refractivity contribution is 0.122. The molecule has 0 amide bonds. The number of rotatable bonds is 2. The van der Waals surface area contributed by atoms with Crippen molar-refractivity contribution in [3.63, 3.8) is 0 Å². The van der Waals surface area contributed by atoms with Gasteiger partial charge >= 0.3 is 0 Å². The third-order valence-electron chi connectivity index (χ3n) is 4.00. The molecule has 4 rings (SSSR count). The zero-order valence-electron chi connectivity index (χ0n) is 12.9. The second-order valence-electron chi connectivity index (χ2n) is 5.51. The average Bonchev–Trinajstić information content (AvgIpc) is 2.63. The van der Waals surface area contributed by atoms with Crippen LogP contribution < -0.4 is 4.90 Å². The van der Waals surface area contributed by atoms with E-state index in [-0.39, 0.29) is 0 Å². The van der Waals surface area contributed by atoms with Gasteiger partial charge in [0.25, 0.3) is 0 Å². The Labute approximate surface area is 134 Å². The molecule has 3 aromatic heterocycles. The largest absolute Gasteiger partial charge is 0.378 e. The van der Waals surface area contributed by atoms with Gasteiger partial charge in [-0.25, -0.2) is 19.9 Å². The zero-order chi connectivity index (χ0) is 15.6. The summed E-state index contributed by atoms with van der Waals surface area (Å²) >= 11 is 0. The van der Waals surface area contributed by atoms with E-state index in [4.69, 9.17) is 4.74 Å². The molecule has 3 aromatic rings. The first-order chi connectivity index (χ1) is 11.3. The Morgan fingerprint density at radius 1 is 1.04 bits per heavy atom. The molecule has 0 spiro atoms. The Balaban J connectivity index is 1.67. The van der Waals surface area contributed by atoms with Crippen LogP contribution in [0.2, 0.25) is 0 Å². The Hall–Kier alpha value is -2.60. The normalized spacial score (nSPS) is 15.1. The molecule has 1 saturated heterocycles. The van der Waals surface area contributed by atoms with Crippen molar-refractivity contribution in [3.05, 3.63) is 42.4 Å². The lowest BCUT2D eigenvalue weighted by Crippen LogP contribution is -2.36. The number of ether oxygens (including phenoxy) is 1. The quantitative estimate of drug-likeness (QED) is 0.723. The first kappa shape index (κ1) is 14.0. The number of anilines is 1. The van der Waals surface area contributed by atoms with Gasteiger partial charge in [-0.1, -0.05) is 0 Å². The topological polar surface area (TPSA) is 64.0 Å². The van der Waals surface area contributed by atoms with Gasteiger partial charge in [-0.3, -0.25) is 0 Å². The number of nitrogens with zero attached hydrogens (tertiary/aromatic N) is 5. The van der Waals surface area contributed by atoms with Crippen molar-refractivity contribution in [1.82, 2.24) is 19.9 Å². The molecular weight excluding hydrogens is 290 g/mol. The minimum atomic E-state index is 0.662. The van der Waals surface area contributed by atoms with Crippen molar-refractivity contribution >= 4 is 16.9 Å². The van der Waals surface area contributed by atoms with Crippen LogP contribution >= 0.6 is 0 Å². The molecule has 0 aliphatic carbocycles. The highest BCUT2D eigenvalue weighted by Crippen LogP contribution is 2.21. The predicted molar refractivity (Wildman–Crippen MR) is 88.3 cm³/mol. The Kier molecular flexibility index (Phi) is 3.59. The van der Waals surface area contributed by atoms with E-state index < -0.39 is 0 Å². The van der Waals surface area contributed by atoms with Crippen LogP contribution in [0.3, 0.4) is 0 Å². The summed E-state index contributed by atoms with van der Waals surface area (Å²) in [5.74, 6) is 1.63. The van der Waals surface area contributed by atoms with E-state index in [0.29, 0.717) is 11.5 Å². The summed E-state index contributed by atoms with van der Waals surface area (Å²) < 4.78 is 5.37. The van der Waals surface area contributed by atoms with Gasteiger partial charge in [0.1, 0.15) is 5.82 Å². The van der Waals surface area contributed by atoms with Crippen LogP contribution in [0.15, 0.2) is 36.7 Å². The van der Waals surface area contributed by atoms with Gasteiger partial charge < -0.3 is 9.64 Å². The molecule has 0 atom stereocenters. The van der Waals surface area contributed by atoms with Crippen molar-refractivity contribution in [2.24, 2.45) is 0 Å². The van der Waals surface area contributed by atoms with E-state index >= 15 is 0 Å². The van der Waals surface area contributed by atoms with Crippen LogP contribution in [0, 0.1) is 6.92 Å². The van der Waals surface area contributed by atoms with Crippen LogP contribution in [0.4, 0.5) is 5.82 Å². The molecular formula is C17H17N5O. The van der Waals surface area contributed by atoms with Gasteiger partial charge in [0.05, 0.1) is 18.9 Å². The number of hydrogen-bond acceptors (Lipinski definition) is 6. The molecule has 6 nitrogen and oxygen atoms in total. The molecule has 6 heteroatoms.